The highest BCUT2D eigenvalue weighted by molar-refractivity contribution is 4.92. The van der Waals surface area contributed by atoms with E-state index < -0.39 is 5.79 Å². The lowest BCUT2D eigenvalue weighted by Gasteiger charge is -2.24. The van der Waals surface area contributed by atoms with Gasteiger partial charge in [-0.25, -0.2) is 0 Å². The van der Waals surface area contributed by atoms with Crippen molar-refractivity contribution in [1.82, 2.24) is 0 Å². The molecule has 2 fully saturated rings. The van der Waals surface area contributed by atoms with Gasteiger partial charge in [-0.05, 0) is 26.7 Å². The largest absolute Gasteiger partial charge is 0.394 e. The minimum Gasteiger partial charge on any atom is -0.394 e. The summed E-state index contributed by atoms with van der Waals surface area (Å²) in [5, 5.41) is 9.35. The molecular weight excluding hydrogens is 236 g/mol. The smallest absolute Gasteiger partial charge is 0.187 e. The van der Waals surface area contributed by atoms with Crippen molar-refractivity contribution in [2.45, 2.75) is 57.9 Å². The van der Waals surface area contributed by atoms with E-state index in [1.165, 1.54) is 0 Å². The molecule has 2 aliphatic heterocycles. The van der Waals surface area contributed by atoms with Crippen molar-refractivity contribution in [2.24, 2.45) is 5.92 Å². The van der Waals surface area contributed by atoms with Crippen molar-refractivity contribution < 1.29 is 24.1 Å². The molecule has 2 rings (SSSR count). The first-order chi connectivity index (χ1) is 8.57. The second-order valence-corrected chi connectivity index (χ2v) is 5.39. The number of hydrogen-bond donors (Lipinski definition) is 1. The van der Waals surface area contributed by atoms with Crippen LogP contribution in [0.4, 0.5) is 0 Å². The molecule has 106 valence electrons. The Bertz CT molecular complexity index is 268. The zero-order valence-electron chi connectivity index (χ0n) is 11.4. The van der Waals surface area contributed by atoms with E-state index in [-0.39, 0.29) is 31.0 Å². The lowest BCUT2D eigenvalue weighted by molar-refractivity contribution is -0.214. The van der Waals surface area contributed by atoms with Crippen LogP contribution < -0.4 is 0 Å². The molecule has 0 aromatic carbocycles. The lowest BCUT2D eigenvalue weighted by atomic mass is 9.95. The molecule has 1 N–H and O–H groups in total. The molecule has 5 nitrogen and oxygen atoms in total. The van der Waals surface area contributed by atoms with Crippen LogP contribution in [0.25, 0.3) is 0 Å². The summed E-state index contributed by atoms with van der Waals surface area (Å²) in [7, 11) is 0. The molecule has 0 aromatic rings. The highest BCUT2D eigenvalue weighted by Gasteiger charge is 2.53. The second kappa shape index (κ2) is 5.84. The molecule has 2 saturated heterocycles. The summed E-state index contributed by atoms with van der Waals surface area (Å²) in [6, 6.07) is 0. The topological polar surface area (TPSA) is 57.2 Å². The molecule has 2 aliphatic rings. The third-order valence-corrected chi connectivity index (χ3v) is 3.42. The summed E-state index contributed by atoms with van der Waals surface area (Å²) in [6.45, 7) is 7.29. The van der Waals surface area contributed by atoms with Crippen molar-refractivity contribution in [3.63, 3.8) is 0 Å². The number of ether oxygens (including phenoxy) is 4. The molecule has 0 spiro atoms. The van der Waals surface area contributed by atoms with E-state index in [1.54, 1.807) is 0 Å². The molecule has 0 amide bonds. The van der Waals surface area contributed by atoms with Crippen molar-refractivity contribution in [3.05, 3.63) is 0 Å². The molecule has 0 aromatic heterocycles. The first-order valence-corrected chi connectivity index (χ1v) is 6.77. The van der Waals surface area contributed by atoms with Gasteiger partial charge in [0.1, 0.15) is 6.10 Å². The van der Waals surface area contributed by atoms with Crippen LogP contribution in [0.1, 0.15) is 33.6 Å². The van der Waals surface area contributed by atoms with Gasteiger partial charge in [-0.3, -0.25) is 0 Å². The van der Waals surface area contributed by atoms with Crippen LogP contribution in [-0.4, -0.2) is 49.2 Å². The number of hydrogen-bond acceptors (Lipinski definition) is 5. The molecule has 2 heterocycles. The molecule has 0 bridgehead atoms. The first-order valence-electron chi connectivity index (χ1n) is 6.77. The lowest BCUT2D eigenvalue weighted by Crippen LogP contribution is -2.32. The van der Waals surface area contributed by atoms with E-state index in [1.807, 2.05) is 13.8 Å². The molecule has 0 saturated carbocycles. The van der Waals surface area contributed by atoms with Gasteiger partial charge in [0.05, 0.1) is 12.7 Å². The van der Waals surface area contributed by atoms with Gasteiger partial charge in [-0.1, -0.05) is 6.92 Å². The third-order valence-electron chi connectivity index (χ3n) is 3.42. The Kier molecular flexibility index (Phi) is 4.61. The van der Waals surface area contributed by atoms with Gasteiger partial charge < -0.3 is 24.1 Å². The summed E-state index contributed by atoms with van der Waals surface area (Å²) in [4.78, 5) is 0. The molecule has 0 unspecified atom stereocenters. The van der Waals surface area contributed by atoms with Crippen LogP contribution >= 0.6 is 0 Å². The standard InChI is InChI=1S/C13H24O5/c1-4-6-15-7-5-9-10(8-14)16-12-11(9)17-13(2,3)18-12/h9-12,14H,4-8H2,1-3H3/t9-,10-,11-,12-/m1/s1. The van der Waals surface area contributed by atoms with Gasteiger partial charge in [-0.15, -0.1) is 0 Å². The molecule has 4 atom stereocenters. The Balaban J connectivity index is 1.89. The van der Waals surface area contributed by atoms with Crippen LogP contribution in [0.15, 0.2) is 0 Å². The predicted octanol–water partition coefficient (Wildman–Crippen LogP) is 1.29. The fourth-order valence-corrected chi connectivity index (χ4v) is 2.63. The number of aliphatic hydroxyl groups is 1. The van der Waals surface area contributed by atoms with Gasteiger partial charge in [0.15, 0.2) is 12.1 Å². The average Bonchev–Trinajstić information content (AvgIpc) is 2.77. The maximum Gasteiger partial charge on any atom is 0.187 e. The van der Waals surface area contributed by atoms with E-state index in [0.717, 1.165) is 19.4 Å². The van der Waals surface area contributed by atoms with Crippen LogP contribution in [0.3, 0.4) is 0 Å². The molecular formula is C13H24O5. The van der Waals surface area contributed by atoms with E-state index in [9.17, 15) is 5.11 Å². The number of rotatable bonds is 6. The van der Waals surface area contributed by atoms with E-state index in [0.29, 0.717) is 6.61 Å². The Morgan fingerprint density at radius 2 is 2.00 bits per heavy atom. The fraction of sp³-hybridized carbons (Fsp3) is 1.00. The fourth-order valence-electron chi connectivity index (χ4n) is 2.63. The SMILES string of the molecule is CCCOCC[C@H]1[C@H]2OC(C)(C)O[C@H]2O[C@@H]1CO. The minimum atomic E-state index is -0.599. The summed E-state index contributed by atoms with van der Waals surface area (Å²) in [5.41, 5.74) is 0. The minimum absolute atomic E-state index is 0.00140. The van der Waals surface area contributed by atoms with Crippen LogP contribution in [0.5, 0.6) is 0 Å². The van der Waals surface area contributed by atoms with Crippen LogP contribution in [0, 0.1) is 5.92 Å². The number of aliphatic hydroxyl groups excluding tert-OH is 1. The van der Waals surface area contributed by atoms with Crippen LogP contribution in [0.2, 0.25) is 0 Å². The van der Waals surface area contributed by atoms with E-state index >= 15 is 0 Å². The maximum absolute atomic E-state index is 9.35. The van der Waals surface area contributed by atoms with Crippen molar-refractivity contribution in [2.75, 3.05) is 19.8 Å². The Hall–Kier alpha value is -0.200. The van der Waals surface area contributed by atoms with Gasteiger partial charge in [-0.2, -0.15) is 0 Å². The van der Waals surface area contributed by atoms with Crippen LogP contribution in [-0.2, 0) is 18.9 Å². The van der Waals surface area contributed by atoms with E-state index in [2.05, 4.69) is 6.92 Å². The second-order valence-electron chi connectivity index (χ2n) is 5.39. The molecule has 0 radical (unpaired) electrons. The Labute approximate surface area is 108 Å². The van der Waals surface area contributed by atoms with Gasteiger partial charge in [0.2, 0.25) is 0 Å². The monoisotopic (exact) mass is 260 g/mol. The van der Waals surface area contributed by atoms with Crippen molar-refractivity contribution in [3.8, 4) is 0 Å². The summed E-state index contributed by atoms with van der Waals surface area (Å²) in [6.07, 6.45) is 1.19. The molecule has 18 heavy (non-hydrogen) atoms. The van der Waals surface area contributed by atoms with E-state index in [4.69, 9.17) is 18.9 Å². The summed E-state index contributed by atoms with van der Waals surface area (Å²) in [5.74, 6) is -0.461. The molecule has 5 heteroatoms. The summed E-state index contributed by atoms with van der Waals surface area (Å²) >= 11 is 0. The normalized spacial score (nSPS) is 38.0. The highest BCUT2D eigenvalue weighted by Crippen LogP contribution is 2.41. The maximum atomic E-state index is 9.35. The quantitative estimate of drug-likeness (QED) is 0.729. The van der Waals surface area contributed by atoms with Crippen molar-refractivity contribution in [1.29, 1.82) is 0 Å². The zero-order chi connectivity index (χ0) is 13.2. The average molecular weight is 260 g/mol. The summed E-state index contributed by atoms with van der Waals surface area (Å²) < 4.78 is 22.7. The van der Waals surface area contributed by atoms with Gasteiger partial charge in [0, 0.05) is 19.1 Å². The predicted molar refractivity (Wildman–Crippen MR) is 65.0 cm³/mol. The third kappa shape index (κ3) is 3.03. The first kappa shape index (κ1) is 14.2. The molecule has 0 aliphatic carbocycles. The highest BCUT2D eigenvalue weighted by atomic mass is 16.8. The van der Waals surface area contributed by atoms with Crippen molar-refractivity contribution >= 4 is 0 Å². The Morgan fingerprint density at radius 1 is 1.22 bits per heavy atom. The zero-order valence-corrected chi connectivity index (χ0v) is 11.4. The Morgan fingerprint density at radius 3 is 2.67 bits per heavy atom. The van der Waals surface area contributed by atoms with Gasteiger partial charge >= 0.3 is 0 Å². The van der Waals surface area contributed by atoms with Gasteiger partial charge in [0.25, 0.3) is 0 Å². The number of fused-ring (bicyclic) bond motifs is 1.